The molecule has 2 heterocycles. The number of halogens is 6. The number of alkyl halides is 6. The number of carboxylic acids is 1. The third-order valence-electron chi connectivity index (χ3n) is 9.01. The van der Waals surface area contributed by atoms with Crippen LogP contribution in [-0.2, 0) is 23.6 Å². The lowest BCUT2D eigenvalue weighted by Gasteiger charge is -2.35. The van der Waals surface area contributed by atoms with Crippen LogP contribution in [0.15, 0.2) is 18.2 Å². The van der Waals surface area contributed by atoms with Crippen LogP contribution >= 0.6 is 0 Å². The molecule has 1 aromatic rings. The Balaban J connectivity index is 1.21. The molecule has 2 aliphatic heterocycles. The number of rotatable bonds is 9. The molecular weight excluding hydrogens is 522 g/mol. The van der Waals surface area contributed by atoms with Gasteiger partial charge in [-0.3, -0.25) is 9.69 Å². The van der Waals surface area contributed by atoms with Crippen LogP contribution in [0.2, 0.25) is 0 Å². The van der Waals surface area contributed by atoms with E-state index in [2.05, 4.69) is 9.80 Å². The van der Waals surface area contributed by atoms with E-state index in [0.29, 0.717) is 18.3 Å². The maximum atomic E-state index is 13.1. The van der Waals surface area contributed by atoms with Crippen molar-refractivity contribution >= 4 is 5.97 Å². The van der Waals surface area contributed by atoms with Crippen LogP contribution in [0.4, 0.5) is 26.3 Å². The molecule has 220 valence electrons. The predicted octanol–water partition coefficient (Wildman–Crippen LogP) is 7.11. The highest BCUT2D eigenvalue weighted by Gasteiger charge is 2.39. The van der Waals surface area contributed by atoms with E-state index < -0.39 is 29.4 Å². The van der Waals surface area contributed by atoms with Crippen molar-refractivity contribution in [2.24, 2.45) is 17.8 Å². The summed E-state index contributed by atoms with van der Waals surface area (Å²) in [6.45, 7) is 4.46. The van der Waals surface area contributed by atoms with E-state index in [0.717, 1.165) is 96.2 Å². The Morgan fingerprint density at radius 3 is 2.00 bits per heavy atom. The first kappa shape index (κ1) is 30.2. The molecule has 2 unspecified atom stereocenters. The zero-order chi connectivity index (χ0) is 28.2. The number of aryl methyl sites for hydroxylation is 1. The van der Waals surface area contributed by atoms with Crippen LogP contribution in [0.1, 0.15) is 80.9 Å². The van der Waals surface area contributed by atoms with Gasteiger partial charge in [-0.25, -0.2) is 0 Å². The number of hydrogen-bond acceptors (Lipinski definition) is 3. The molecule has 4 nitrogen and oxygen atoms in total. The van der Waals surface area contributed by atoms with Crippen molar-refractivity contribution in [3.8, 4) is 0 Å². The molecule has 3 aliphatic rings. The second-order valence-electron chi connectivity index (χ2n) is 11.9. The number of nitrogens with zero attached hydrogens (tertiary/aromatic N) is 2. The summed E-state index contributed by atoms with van der Waals surface area (Å²) in [7, 11) is 0. The molecule has 0 spiro atoms. The summed E-state index contributed by atoms with van der Waals surface area (Å²) >= 11 is 0. The molecule has 1 N–H and O–H groups in total. The van der Waals surface area contributed by atoms with Gasteiger partial charge in [0.05, 0.1) is 11.1 Å². The van der Waals surface area contributed by atoms with E-state index >= 15 is 0 Å². The lowest BCUT2D eigenvalue weighted by atomic mass is 9.83. The van der Waals surface area contributed by atoms with Crippen molar-refractivity contribution in [2.45, 2.75) is 89.0 Å². The van der Waals surface area contributed by atoms with E-state index in [9.17, 15) is 36.2 Å². The van der Waals surface area contributed by atoms with Crippen LogP contribution < -0.4 is 0 Å². The first-order chi connectivity index (χ1) is 18.4. The maximum absolute atomic E-state index is 13.1. The fourth-order valence-electron chi connectivity index (χ4n) is 6.95. The minimum Gasteiger partial charge on any atom is -0.480 e. The molecule has 2 saturated heterocycles. The highest BCUT2D eigenvalue weighted by molar-refractivity contribution is 5.74. The standard InChI is InChI=1S/C29H40F6N2O2/c30-28(31,32)24-15-21(16-25(17-24)29(33,34)35)6-4-5-20-9-12-36(13-10-20)18-22-11-14-37(19-22)26(27(38)39)23-7-2-1-3-8-23/h15-17,20,22-23,26H,1-14,18-19H2,(H,38,39). The summed E-state index contributed by atoms with van der Waals surface area (Å²) in [5.41, 5.74) is -2.42. The van der Waals surface area contributed by atoms with Crippen molar-refractivity contribution in [3.63, 3.8) is 0 Å². The molecule has 3 fully saturated rings. The number of aliphatic carboxylic acids is 1. The van der Waals surface area contributed by atoms with Gasteiger partial charge in [-0.05, 0) is 106 Å². The monoisotopic (exact) mass is 562 g/mol. The largest absolute Gasteiger partial charge is 0.480 e. The molecular formula is C29H40F6N2O2. The summed E-state index contributed by atoms with van der Waals surface area (Å²) in [6, 6.07) is 1.49. The highest BCUT2D eigenvalue weighted by Crippen LogP contribution is 2.37. The normalized spacial score (nSPS) is 23.8. The second kappa shape index (κ2) is 12.8. The topological polar surface area (TPSA) is 43.8 Å². The Kier molecular flexibility index (Phi) is 9.89. The third kappa shape index (κ3) is 8.35. The zero-order valence-electron chi connectivity index (χ0n) is 22.4. The van der Waals surface area contributed by atoms with Gasteiger partial charge >= 0.3 is 18.3 Å². The average Bonchev–Trinajstić information content (AvgIpc) is 3.32. The van der Waals surface area contributed by atoms with Crippen LogP contribution in [0.3, 0.4) is 0 Å². The first-order valence-electron chi connectivity index (χ1n) is 14.4. The summed E-state index contributed by atoms with van der Waals surface area (Å²) in [5, 5.41) is 9.91. The molecule has 1 aromatic carbocycles. The van der Waals surface area contributed by atoms with E-state index in [4.69, 9.17) is 0 Å². The molecule has 2 atom stereocenters. The van der Waals surface area contributed by atoms with Crippen LogP contribution in [0.5, 0.6) is 0 Å². The molecule has 1 saturated carbocycles. The number of piperidine rings is 1. The van der Waals surface area contributed by atoms with Crippen LogP contribution in [0, 0.1) is 17.8 Å². The van der Waals surface area contributed by atoms with Crippen molar-refractivity contribution < 1.29 is 36.2 Å². The van der Waals surface area contributed by atoms with Gasteiger partial charge < -0.3 is 10.0 Å². The van der Waals surface area contributed by atoms with Gasteiger partial charge in [0.25, 0.3) is 0 Å². The minimum absolute atomic E-state index is 0.0771. The van der Waals surface area contributed by atoms with Gasteiger partial charge in [-0.1, -0.05) is 25.7 Å². The Hall–Kier alpha value is -1.81. The SMILES string of the molecule is O=C(O)C(C1CCCCC1)N1CCC(CN2CCC(CCCc3cc(C(F)(F)F)cc(C(F)(F)F)c3)CC2)C1. The van der Waals surface area contributed by atoms with Crippen molar-refractivity contribution in [1.82, 2.24) is 9.80 Å². The fourth-order valence-corrected chi connectivity index (χ4v) is 6.95. The van der Waals surface area contributed by atoms with E-state index in [1.54, 1.807) is 0 Å². The average molecular weight is 563 g/mol. The van der Waals surface area contributed by atoms with Gasteiger partial charge in [-0.2, -0.15) is 26.3 Å². The summed E-state index contributed by atoms with van der Waals surface area (Å²) in [4.78, 5) is 16.7. The van der Waals surface area contributed by atoms with E-state index in [-0.39, 0.29) is 30.0 Å². The van der Waals surface area contributed by atoms with Gasteiger partial charge in [-0.15, -0.1) is 0 Å². The Morgan fingerprint density at radius 2 is 1.44 bits per heavy atom. The molecule has 0 radical (unpaired) electrons. The maximum Gasteiger partial charge on any atom is 0.416 e. The van der Waals surface area contributed by atoms with Gasteiger partial charge in [0.1, 0.15) is 6.04 Å². The number of benzene rings is 1. The van der Waals surface area contributed by atoms with Crippen molar-refractivity contribution in [3.05, 3.63) is 34.9 Å². The van der Waals surface area contributed by atoms with Crippen LogP contribution in [-0.4, -0.2) is 59.6 Å². The Labute approximate surface area is 226 Å². The lowest BCUT2D eigenvalue weighted by molar-refractivity contribution is -0.146. The quantitative estimate of drug-likeness (QED) is 0.326. The fraction of sp³-hybridized carbons (Fsp3) is 0.759. The number of carboxylic acid groups (broad SMARTS) is 1. The van der Waals surface area contributed by atoms with E-state index in [1.165, 1.54) is 6.42 Å². The molecule has 0 amide bonds. The third-order valence-corrected chi connectivity index (χ3v) is 9.01. The lowest BCUT2D eigenvalue weighted by Crippen LogP contribution is -2.46. The summed E-state index contributed by atoms with van der Waals surface area (Å²) in [5.74, 6) is 0.428. The van der Waals surface area contributed by atoms with Gasteiger partial charge in [0, 0.05) is 13.1 Å². The number of hydrogen-bond donors (Lipinski definition) is 1. The smallest absolute Gasteiger partial charge is 0.416 e. The highest BCUT2D eigenvalue weighted by atomic mass is 19.4. The second-order valence-corrected chi connectivity index (χ2v) is 11.9. The number of likely N-dealkylation sites (tertiary alicyclic amines) is 2. The molecule has 0 aromatic heterocycles. The first-order valence-corrected chi connectivity index (χ1v) is 14.4. The molecule has 4 rings (SSSR count). The summed E-state index contributed by atoms with van der Waals surface area (Å²) in [6.07, 6.45) is 0.279. The van der Waals surface area contributed by atoms with Gasteiger partial charge in [0.2, 0.25) is 0 Å². The number of carbonyl (C=O) groups is 1. The van der Waals surface area contributed by atoms with Crippen LogP contribution in [0.25, 0.3) is 0 Å². The van der Waals surface area contributed by atoms with Crippen molar-refractivity contribution in [2.75, 3.05) is 32.7 Å². The molecule has 1 aliphatic carbocycles. The van der Waals surface area contributed by atoms with E-state index in [1.807, 2.05) is 0 Å². The summed E-state index contributed by atoms with van der Waals surface area (Å²) < 4.78 is 78.7. The Morgan fingerprint density at radius 1 is 0.846 bits per heavy atom. The Bertz CT molecular complexity index is 920. The van der Waals surface area contributed by atoms with Crippen molar-refractivity contribution in [1.29, 1.82) is 0 Å². The molecule has 0 bridgehead atoms. The zero-order valence-corrected chi connectivity index (χ0v) is 22.4. The minimum atomic E-state index is -4.82. The molecule has 39 heavy (non-hydrogen) atoms. The van der Waals surface area contributed by atoms with Gasteiger partial charge in [0.15, 0.2) is 0 Å². The molecule has 10 heteroatoms. The predicted molar refractivity (Wildman–Crippen MR) is 136 cm³/mol.